The van der Waals surface area contributed by atoms with E-state index in [0.29, 0.717) is 19.6 Å². The molecule has 1 aromatic rings. The maximum atomic E-state index is 12.1. The summed E-state index contributed by atoms with van der Waals surface area (Å²) in [5.74, 6) is -0.995. The smallest absolute Gasteiger partial charge is 0.308 e. The zero-order valence-corrected chi connectivity index (χ0v) is 15.9. The number of benzene rings is 1. The first-order chi connectivity index (χ1) is 11.6. The summed E-state index contributed by atoms with van der Waals surface area (Å²) < 4.78 is 23.0. The normalized spacial score (nSPS) is 23.2. The van der Waals surface area contributed by atoms with E-state index in [2.05, 4.69) is 0 Å². The fourth-order valence-electron chi connectivity index (χ4n) is 2.90. The third kappa shape index (κ3) is 7.55. The average molecular weight is 350 g/mol. The Morgan fingerprint density at radius 3 is 2.44 bits per heavy atom. The summed E-state index contributed by atoms with van der Waals surface area (Å²) in [6, 6.07) is 10.0. The maximum absolute atomic E-state index is 12.1. The Balaban J connectivity index is 1.84. The molecule has 25 heavy (non-hydrogen) atoms. The van der Waals surface area contributed by atoms with E-state index in [1.165, 1.54) is 0 Å². The minimum Gasteiger partial charge on any atom is -0.460 e. The summed E-state index contributed by atoms with van der Waals surface area (Å²) in [5, 5.41) is 0. The minimum absolute atomic E-state index is 0.111. The second-order valence-corrected chi connectivity index (χ2v) is 7.91. The first-order valence-electron chi connectivity index (χ1n) is 8.82. The van der Waals surface area contributed by atoms with Crippen LogP contribution in [0.1, 0.15) is 53.0 Å². The first-order valence-corrected chi connectivity index (χ1v) is 8.82. The van der Waals surface area contributed by atoms with Crippen LogP contribution >= 0.6 is 0 Å². The van der Waals surface area contributed by atoms with Gasteiger partial charge in [-0.25, -0.2) is 0 Å². The molecular weight excluding hydrogens is 320 g/mol. The van der Waals surface area contributed by atoms with E-state index in [1.807, 2.05) is 65.0 Å². The van der Waals surface area contributed by atoms with Gasteiger partial charge >= 0.3 is 5.97 Å². The molecule has 0 unspecified atom stereocenters. The molecule has 0 amide bonds. The van der Waals surface area contributed by atoms with Gasteiger partial charge in [0.05, 0.1) is 31.8 Å². The predicted molar refractivity (Wildman–Crippen MR) is 95.0 cm³/mol. The number of hydrogen-bond donors (Lipinski definition) is 0. The Kier molecular flexibility index (Phi) is 6.60. The zero-order chi connectivity index (χ0) is 18.5. The van der Waals surface area contributed by atoms with E-state index < -0.39 is 11.4 Å². The molecule has 1 fully saturated rings. The summed E-state index contributed by atoms with van der Waals surface area (Å²) in [4.78, 5) is 12.1. The standard InChI is InChI=1S/C20H30O5/c1-19(2,3)25-18(21)12-16-11-17(24-20(4,5)23-16)14-22-13-15-9-7-6-8-10-15/h6-10,16-17H,11-14H2,1-5H3/t16-,17+/m0/s1. The van der Waals surface area contributed by atoms with Crippen LogP contribution in [0.5, 0.6) is 0 Å². The van der Waals surface area contributed by atoms with E-state index in [9.17, 15) is 4.79 Å². The Hall–Kier alpha value is -1.43. The highest BCUT2D eigenvalue weighted by atomic mass is 16.7. The van der Waals surface area contributed by atoms with E-state index in [1.54, 1.807) is 0 Å². The van der Waals surface area contributed by atoms with E-state index >= 15 is 0 Å². The molecular formula is C20H30O5. The fourth-order valence-corrected chi connectivity index (χ4v) is 2.90. The van der Waals surface area contributed by atoms with Crippen LogP contribution in [0.25, 0.3) is 0 Å². The number of ether oxygens (including phenoxy) is 4. The lowest BCUT2D eigenvalue weighted by molar-refractivity contribution is -0.306. The summed E-state index contributed by atoms with van der Waals surface area (Å²) in [6.07, 6.45) is 0.486. The van der Waals surface area contributed by atoms with Crippen molar-refractivity contribution in [3.63, 3.8) is 0 Å². The Labute approximate surface area is 150 Å². The molecule has 0 aromatic heterocycles. The van der Waals surface area contributed by atoms with Crippen LogP contribution in [0.15, 0.2) is 30.3 Å². The van der Waals surface area contributed by atoms with Gasteiger partial charge in [0.2, 0.25) is 0 Å². The van der Waals surface area contributed by atoms with Gasteiger partial charge in [0, 0.05) is 6.42 Å². The van der Waals surface area contributed by atoms with Gasteiger partial charge in [-0.3, -0.25) is 4.79 Å². The van der Waals surface area contributed by atoms with Crippen LogP contribution in [0.3, 0.4) is 0 Å². The monoisotopic (exact) mass is 350 g/mol. The highest BCUT2D eigenvalue weighted by Crippen LogP contribution is 2.29. The van der Waals surface area contributed by atoms with Gasteiger partial charge in [0.1, 0.15) is 5.60 Å². The van der Waals surface area contributed by atoms with Gasteiger partial charge in [0.25, 0.3) is 0 Å². The molecule has 1 saturated heterocycles. The number of carbonyl (C=O) groups excluding carboxylic acids is 1. The second kappa shape index (κ2) is 8.30. The highest BCUT2D eigenvalue weighted by Gasteiger charge is 2.37. The molecule has 1 aromatic carbocycles. The lowest BCUT2D eigenvalue weighted by Gasteiger charge is -2.40. The van der Waals surface area contributed by atoms with Gasteiger partial charge in [-0.15, -0.1) is 0 Å². The van der Waals surface area contributed by atoms with E-state index in [0.717, 1.165) is 5.56 Å². The van der Waals surface area contributed by atoms with Gasteiger partial charge in [0.15, 0.2) is 5.79 Å². The van der Waals surface area contributed by atoms with Gasteiger partial charge in [-0.05, 0) is 40.2 Å². The third-order valence-corrected chi connectivity index (χ3v) is 3.66. The van der Waals surface area contributed by atoms with Gasteiger partial charge < -0.3 is 18.9 Å². The average Bonchev–Trinajstić information content (AvgIpc) is 2.44. The Bertz CT molecular complexity index is 547. The lowest BCUT2D eigenvalue weighted by Crippen LogP contribution is -2.47. The van der Waals surface area contributed by atoms with Crippen molar-refractivity contribution >= 4 is 5.97 Å². The maximum Gasteiger partial charge on any atom is 0.308 e. The fraction of sp³-hybridized carbons (Fsp3) is 0.650. The van der Waals surface area contributed by atoms with Crippen molar-refractivity contribution in [2.45, 2.75) is 77.7 Å². The van der Waals surface area contributed by atoms with Crippen LogP contribution < -0.4 is 0 Å². The molecule has 2 atom stereocenters. The van der Waals surface area contributed by atoms with Crippen molar-refractivity contribution in [2.24, 2.45) is 0 Å². The second-order valence-electron chi connectivity index (χ2n) is 7.91. The van der Waals surface area contributed by atoms with Gasteiger partial charge in [-0.2, -0.15) is 0 Å². The van der Waals surface area contributed by atoms with Gasteiger partial charge in [-0.1, -0.05) is 30.3 Å². The number of hydrogen-bond acceptors (Lipinski definition) is 5. The molecule has 0 N–H and O–H groups in total. The summed E-state index contributed by atoms with van der Waals surface area (Å²) in [6.45, 7) is 10.3. The molecule has 5 heteroatoms. The molecule has 0 aliphatic carbocycles. The van der Waals surface area contributed by atoms with Crippen molar-refractivity contribution in [2.75, 3.05) is 6.61 Å². The molecule has 0 spiro atoms. The summed E-state index contributed by atoms with van der Waals surface area (Å²) >= 11 is 0. The SMILES string of the molecule is CC(C)(C)OC(=O)C[C@@H]1C[C@H](COCc2ccccc2)OC(C)(C)O1. The molecule has 1 aliphatic rings. The minimum atomic E-state index is -0.744. The molecule has 140 valence electrons. The van der Waals surface area contributed by atoms with E-state index in [-0.39, 0.29) is 24.6 Å². The molecule has 0 bridgehead atoms. The topological polar surface area (TPSA) is 54.0 Å². The zero-order valence-electron chi connectivity index (χ0n) is 15.9. The van der Waals surface area contributed by atoms with Crippen LogP contribution in [0, 0.1) is 0 Å². The molecule has 1 aliphatic heterocycles. The largest absolute Gasteiger partial charge is 0.460 e. The highest BCUT2D eigenvalue weighted by molar-refractivity contribution is 5.70. The number of carbonyl (C=O) groups is 1. The van der Waals surface area contributed by atoms with Crippen molar-refractivity contribution in [1.82, 2.24) is 0 Å². The van der Waals surface area contributed by atoms with Crippen molar-refractivity contribution in [1.29, 1.82) is 0 Å². The molecule has 1 heterocycles. The molecule has 2 rings (SSSR count). The molecule has 0 radical (unpaired) electrons. The van der Waals surface area contributed by atoms with Crippen LogP contribution in [0.2, 0.25) is 0 Å². The van der Waals surface area contributed by atoms with Crippen molar-refractivity contribution in [3.8, 4) is 0 Å². The summed E-state index contributed by atoms with van der Waals surface area (Å²) in [5.41, 5.74) is 0.634. The van der Waals surface area contributed by atoms with Crippen LogP contribution in [-0.2, 0) is 30.3 Å². The van der Waals surface area contributed by atoms with Crippen molar-refractivity contribution < 1.29 is 23.7 Å². The lowest BCUT2D eigenvalue weighted by atomic mass is 10.1. The predicted octanol–water partition coefficient (Wildman–Crippen LogP) is 3.85. The summed E-state index contributed by atoms with van der Waals surface area (Å²) in [7, 11) is 0. The van der Waals surface area contributed by atoms with Crippen LogP contribution in [-0.4, -0.2) is 36.2 Å². The number of esters is 1. The quantitative estimate of drug-likeness (QED) is 0.730. The van der Waals surface area contributed by atoms with E-state index in [4.69, 9.17) is 18.9 Å². The first kappa shape index (κ1) is 19.9. The molecule has 0 saturated carbocycles. The van der Waals surface area contributed by atoms with Crippen molar-refractivity contribution in [3.05, 3.63) is 35.9 Å². The molecule has 5 nitrogen and oxygen atoms in total. The number of rotatable bonds is 6. The Morgan fingerprint density at radius 1 is 1.16 bits per heavy atom. The van der Waals surface area contributed by atoms with Crippen LogP contribution in [0.4, 0.5) is 0 Å². The Morgan fingerprint density at radius 2 is 1.80 bits per heavy atom. The third-order valence-electron chi connectivity index (χ3n) is 3.66.